The van der Waals surface area contributed by atoms with Crippen molar-refractivity contribution in [3.63, 3.8) is 0 Å². The molecule has 0 radical (unpaired) electrons. The van der Waals surface area contributed by atoms with Gasteiger partial charge in [-0.15, -0.1) is 11.3 Å². The van der Waals surface area contributed by atoms with E-state index in [1.165, 1.54) is 24.7 Å². The second-order valence-electron chi connectivity index (χ2n) is 3.31. The summed E-state index contributed by atoms with van der Waals surface area (Å²) in [6.07, 6.45) is 1.25. The smallest absolute Gasteiger partial charge is 0.350 e. The molecule has 0 atom stereocenters. The van der Waals surface area contributed by atoms with Crippen LogP contribution in [-0.2, 0) is 19.0 Å². The summed E-state index contributed by atoms with van der Waals surface area (Å²) in [5.74, 6) is -0.864. The first-order valence-electron chi connectivity index (χ1n) is 5.14. The number of carbonyl (C=O) groups excluding carboxylic acids is 2. The average Bonchev–Trinajstić information content (AvgIpc) is 2.87. The molecule has 0 spiro atoms. The first kappa shape index (κ1) is 12.4. The Labute approximate surface area is 107 Å². The zero-order valence-electron chi connectivity index (χ0n) is 9.60. The molecule has 1 amide bonds. The number of hydrogen-bond donors (Lipinski definition) is 1. The van der Waals surface area contributed by atoms with Crippen LogP contribution < -0.4 is 5.32 Å². The quantitative estimate of drug-likeness (QED) is 0.839. The van der Waals surface area contributed by atoms with Crippen molar-refractivity contribution in [2.45, 2.75) is 0 Å². The van der Waals surface area contributed by atoms with Crippen LogP contribution >= 0.6 is 11.3 Å². The fraction of sp³-hybridized carbons (Fsp3) is 0.273. The fourth-order valence-corrected chi connectivity index (χ4v) is 2.10. The van der Waals surface area contributed by atoms with Gasteiger partial charge in [0.15, 0.2) is 0 Å². The Morgan fingerprint density at radius 3 is 2.94 bits per heavy atom. The molecular formula is C11H11NO5S. The van der Waals surface area contributed by atoms with E-state index in [4.69, 9.17) is 9.47 Å². The summed E-state index contributed by atoms with van der Waals surface area (Å²) in [7, 11) is 1.29. The van der Waals surface area contributed by atoms with E-state index < -0.39 is 11.9 Å². The molecule has 7 heteroatoms. The molecule has 0 unspecified atom stereocenters. The summed E-state index contributed by atoms with van der Waals surface area (Å²) in [6.45, 7) is 0.745. The average molecular weight is 269 g/mol. The molecule has 1 aromatic heterocycles. The molecular weight excluding hydrogens is 258 g/mol. The molecule has 1 N–H and O–H groups in total. The van der Waals surface area contributed by atoms with Crippen molar-refractivity contribution in [2.24, 2.45) is 0 Å². The van der Waals surface area contributed by atoms with E-state index in [-0.39, 0.29) is 5.76 Å². The van der Waals surface area contributed by atoms with Crippen LogP contribution in [-0.4, -0.2) is 32.2 Å². The first-order chi connectivity index (χ1) is 8.72. The second-order valence-corrected chi connectivity index (χ2v) is 4.23. The summed E-state index contributed by atoms with van der Waals surface area (Å²) in [5, 5.41) is 4.26. The van der Waals surface area contributed by atoms with Gasteiger partial charge in [-0.2, -0.15) is 0 Å². The SMILES string of the molecule is COC(=O)c1sccc1NC(=O)C1=COCCO1. The molecule has 2 heterocycles. The Bertz CT molecular complexity index is 493. The maximum Gasteiger partial charge on any atom is 0.350 e. The lowest BCUT2D eigenvalue weighted by molar-refractivity contribution is -0.117. The standard InChI is InChI=1S/C11H11NO5S/c1-15-11(14)9-7(2-5-18-9)12-10(13)8-6-16-3-4-17-8/h2,5-6H,3-4H2,1H3,(H,12,13). The molecule has 96 valence electrons. The largest absolute Gasteiger partial charge is 0.494 e. The highest BCUT2D eigenvalue weighted by molar-refractivity contribution is 7.12. The topological polar surface area (TPSA) is 73.9 Å². The maximum atomic E-state index is 11.8. The van der Waals surface area contributed by atoms with Crippen molar-refractivity contribution in [1.29, 1.82) is 0 Å². The van der Waals surface area contributed by atoms with E-state index in [0.29, 0.717) is 23.8 Å². The number of amides is 1. The minimum Gasteiger partial charge on any atom is -0.494 e. The van der Waals surface area contributed by atoms with Gasteiger partial charge in [0, 0.05) is 0 Å². The zero-order valence-corrected chi connectivity index (χ0v) is 10.4. The zero-order chi connectivity index (χ0) is 13.0. The number of nitrogens with one attached hydrogen (secondary N) is 1. The summed E-state index contributed by atoms with van der Waals surface area (Å²) in [5.41, 5.74) is 0.395. The van der Waals surface area contributed by atoms with Crippen LogP contribution in [0.3, 0.4) is 0 Å². The molecule has 2 rings (SSSR count). The number of carbonyl (C=O) groups is 2. The summed E-state index contributed by atoms with van der Waals surface area (Å²) in [4.78, 5) is 23.6. The van der Waals surface area contributed by atoms with Crippen LogP contribution in [0.25, 0.3) is 0 Å². The molecule has 0 bridgehead atoms. The van der Waals surface area contributed by atoms with E-state index in [2.05, 4.69) is 10.1 Å². The summed E-state index contributed by atoms with van der Waals surface area (Å²) < 4.78 is 14.7. The van der Waals surface area contributed by atoms with Crippen molar-refractivity contribution < 1.29 is 23.8 Å². The van der Waals surface area contributed by atoms with Crippen molar-refractivity contribution in [2.75, 3.05) is 25.6 Å². The molecule has 1 aliphatic rings. The number of methoxy groups -OCH3 is 1. The van der Waals surface area contributed by atoms with Crippen LogP contribution in [0.5, 0.6) is 0 Å². The number of esters is 1. The Balaban J connectivity index is 2.09. The number of hydrogen-bond acceptors (Lipinski definition) is 6. The summed E-state index contributed by atoms with van der Waals surface area (Å²) >= 11 is 1.19. The lowest BCUT2D eigenvalue weighted by Crippen LogP contribution is -2.21. The van der Waals surface area contributed by atoms with E-state index >= 15 is 0 Å². The van der Waals surface area contributed by atoms with Crippen molar-refractivity contribution in [1.82, 2.24) is 0 Å². The number of ether oxygens (including phenoxy) is 3. The van der Waals surface area contributed by atoms with Gasteiger partial charge in [0.1, 0.15) is 24.4 Å². The normalized spacial score (nSPS) is 13.9. The highest BCUT2D eigenvalue weighted by Gasteiger charge is 2.19. The molecule has 6 nitrogen and oxygen atoms in total. The Hall–Kier alpha value is -2.02. The molecule has 18 heavy (non-hydrogen) atoms. The van der Waals surface area contributed by atoms with Crippen molar-refractivity contribution >= 4 is 28.9 Å². The monoisotopic (exact) mass is 269 g/mol. The lowest BCUT2D eigenvalue weighted by Gasteiger charge is -2.14. The van der Waals surface area contributed by atoms with Crippen LogP contribution in [0.1, 0.15) is 9.67 Å². The molecule has 0 aromatic carbocycles. The molecule has 1 aliphatic heterocycles. The third-order valence-corrected chi connectivity index (χ3v) is 3.05. The van der Waals surface area contributed by atoms with Crippen LogP contribution in [0.4, 0.5) is 5.69 Å². The third-order valence-electron chi connectivity index (χ3n) is 2.16. The number of anilines is 1. The first-order valence-corrected chi connectivity index (χ1v) is 6.02. The lowest BCUT2D eigenvalue weighted by atomic mass is 10.3. The van der Waals surface area contributed by atoms with Gasteiger partial charge in [-0.25, -0.2) is 4.79 Å². The van der Waals surface area contributed by atoms with Gasteiger partial charge in [-0.1, -0.05) is 0 Å². The number of thiophene rings is 1. The predicted molar refractivity (Wildman–Crippen MR) is 64.3 cm³/mol. The molecule has 0 saturated carbocycles. The Morgan fingerprint density at radius 2 is 2.28 bits per heavy atom. The fourth-order valence-electron chi connectivity index (χ4n) is 1.33. The minimum atomic E-state index is -0.491. The highest BCUT2D eigenvalue weighted by atomic mass is 32.1. The second kappa shape index (κ2) is 5.54. The van der Waals surface area contributed by atoms with E-state index in [0.717, 1.165) is 0 Å². The molecule has 0 aliphatic carbocycles. The Morgan fingerprint density at radius 1 is 1.44 bits per heavy atom. The van der Waals surface area contributed by atoms with Gasteiger partial charge in [-0.05, 0) is 11.4 Å². The van der Waals surface area contributed by atoms with Crippen molar-refractivity contribution in [3.05, 3.63) is 28.3 Å². The van der Waals surface area contributed by atoms with Crippen LogP contribution in [0.2, 0.25) is 0 Å². The third kappa shape index (κ3) is 2.62. The minimum absolute atomic E-state index is 0.0864. The highest BCUT2D eigenvalue weighted by Crippen LogP contribution is 2.23. The molecule has 0 fully saturated rings. The molecule has 1 aromatic rings. The molecule has 0 saturated heterocycles. The summed E-state index contributed by atoms with van der Waals surface area (Å²) in [6, 6.07) is 1.62. The van der Waals surface area contributed by atoms with Gasteiger partial charge in [0.25, 0.3) is 5.91 Å². The van der Waals surface area contributed by atoms with Gasteiger partial charge in [0.2, 0.25) is 5.76 Å². The maximum absolute atomic E-state index is 11.8. The predicted octanol–water partition coefficient (Wildman–Crippen LogP) is 1.36. The van der Waals surface area contributed by atoms with E-state index in [1.807, 2.05) is 0 Å². The van der Waals surface area contributed by atoms with Crippen LogP contribution in [0, 0.1) is 0 Å². The van der Waals surface area contributed by atoms with Gasteiger partial charge < -0.3 is 19.5 Å². The van der Waals surface area contributed by atoms with Gasteiger partial charge >= 0.3 is 5.97 Å². The Kier molecular flexibility index (Phi) is 3.83. The van der Waals surface area contributed by atoms with E-state index in [9.17, 15) is 9.59 Å². The number of rotatable bonds is 3. The van der Waals surface area contributed by atoms with E-state index in [1.54, 1.807) is 11.4 Å². The van der Waals surface area contributed by atoms with Crippen molar-refractivity contribution in [3.8, 4) is 0 Å². The van der Waals surface area contributed by atoms with Gasteiger partial charge in [-0.3, -0.25) is 4.79 Å². The van der Waals surface area contributed by atoms with Gasteiger partial charge in [0.05, 0.1) is 12.8 Å². The van der Waals surface area contributed by atoms with Crippen LogP contribution in [0.15, 0.2) is 23.5 Å².